The monoisotopic (exact) mass is 243 g/mol. The van der Waals surface area contributed by atoms with E-state index in [1.54, 1.807) is 16.7 Å². The van der Waals surface area contributed by atoms with Crippen LogP contribution in [0.15, 0.2) is 0 Å². The molecule has 1 N–H and O–H groups in total. The first kappa shape index (κ1) is 11.8. The second-order valence-corrected chi connectivity index (χ2v) is 6.28. The van der Waals surface area contributed by atoms with Crippen molar-refractivity contribution in [1.29, 1.82) is 0 Å². The van der Waals surface area contributed by atoms with Gasteiger partial charge in [0.15, 0.2) is 0 Å². The summed E-state index contributed by atoms with van der Waals surface area (Å²) >= 11 is 1.67. The minimum atomic E-state index is -0.863. The molecule has 0 spiro atoms. The summed E-state index contributed by atoms with van der Waals surface area (Å²) in [6.07, 6.45) is 3.34. The predicted molar refractivity (Wildman–Crippen MR) is 62.5 cm³/mol. The second-order valence-electron chi connectivity index (χ2n) is 4.68. The number of carboxylic acid groups (broad SMARTS) is 1. The van der Waals surface area contributed by atoms with E-state index < -0.39 is 12.0 Å². The number of carbonyl (C=O) groups excluding carboxylic acids is 1. The number of thioether (sulfide) groups is 1. The molecule has 2 saturated heterocycles. The summed E-state index contributed by atoms with van der Waals surface area (Å²) in [5.74, 6) is 0.172. The van der Waals surface area contributed by atoms with E-state index >= 15 is 0 Å². The lowest BCUT2D eigenvalue weighted by molar-refractivity contribution is -0.149. The first-order valence-electron chi connectivity index (χ1n) is 5.72. The van der Waals surface area contributed by atoms with Gasteiger partial charge in [-0.2, -0.15) is 0 Å². The highest BCUT2D eigenvalue weighted by molar-refractivity contribution is 8.01. The Hall–Kier alpha value is -0.710. The lowest BCUT2D eigenvalue weighted by Crippen LogP contribution is -2.48. The van der Waals surface area contributed by atoms with Crippen LogP contribution in [0.3, 0.4) is 0 Å². The number of aliphatic carboxylic acids is 1. The van der Waals surface area contributed by atoms with Gasteiger partial charge in [0.1, 0.15) is 6.04 Å². The summed E-state index contributed by atoms with van der Waals surface area (Å²) < 4.78 is -0.377. The Balaban J connectivity index is 2.12. The summed E-state index contributed by atoms with van der Waals surface area (Å²) in [6, 6.07) is -0.592. The van der Waals surface area contributed by atoms with Gasteiger partial charge < -0.3 is 10.0 Å². The summed E-state index contributed by atoms with van der Waals surface area (Å²) in [5, 5.41) is 9.06. The third kappa shape index (κ3) is 1.93. The van der Waals surface area contributed by atoms with Crippen molar-refractivity contribution in [1.82, 2.24) is 4.90 Å². The van der Waals surface area contributed by atoms with E-state index in [4.69, 9.17) is 5.11 Å². The number of nitrogens with zero attached hydrogens (tertiary/aromatic N) is 1. The number of carboxylic acids is 1. The molecule has 2 aliphatic heterocycles. The van der Waals surface area contributed by atoms with Gasteiger partial charge in [-0.15, -0.1) is 11.8 Å². The standard InChI is InChI=1S/C11H17NO3S/c1-11(5-3-7-16-11)10(15)12-6-2-4-8(12)9(13)14/h8H,2-7H2,1H3,(H,13,14)/t8-,11?/m1/s1. The Kier molecular flexibility index (Phi) is 3.15. The maximum absolute atomic E-state index is 12.3. The van der Waals surface area contributed by atoms with Gasteiger partial charge in [-0.1, -0.05) is 0 Å². The fourth-order valence-corrected chi connectivity index (χ4v) is 3.79. The third-order valence-corrected chi connectivity index (χ3v) is 4.98. The maximum atomic E-state index is 12.3. The predicted octanol–water partition coefficient (Wildman–Crippen LogP) is 1.35. The molecule has 0 aliphatic carbocycles. The number of hydrogen-bond donors (Lipinski definition) is 1. The SMILES string of the molecule is CC1(C(=O)N2CCC[C@@H]2C(=O)O)CCCS1. The molecular weight excluding hydrogens is 226 g/mol. The highest BCUT2D eigenvalue weighted by Crippen LogP contribution is 2.40. The zero-order valence-corrected chi connectivity index (χ0v) is 10.3. The first-order chi connectivity index (χ1) is 7.54. The van der Waals surface area contributed by atoms with Crippen LogP contribution in [-0.2, 0) is 9.59 Å². The Labute approximate surface area is 99.4 Å². The fourth-order valence-electron chi connectivity index (χ4n) is 2.52. The fraction of sp³-hybridized carbons (Fsp3) is 0.818. The van der Waals surface area contributed by atoms with E-state index in [1.807, 2.05) is 6.92 Å². The molecule has 2 heterocycles. The number of rotatable bonds is 2. The molecule has 0 saturated carbocycles. The molecule has 2 rings (SSSR count). The largest absolute Gasteiger partial charge is 0.480 e. The molecule has 0 radical (unpaired) electrons. The first-order valence-corrected chi connectivity index (χ1v) is 6.71. The van der Waals surface area contributed by atoms with Gasteiger partial charge in [0.2, 0.25) is 5.91 Å². The van der Waals surface area contributed by atoms with Gasteiger partial charge in [-0.25, -0.2) is 4.79 Å². The van der Waals surface area contributed by atoms with Crippen LogP contribution in [0.4, 0.5) is 0 Å². The smallest absolute Gasteiger partial charge is 0.326 e. The normalized spacial score (nSPS) is 34.3. The van der Waals surface area contributed by atoms with E-state index in [0.29, 0.717) is 13.0 Å². The number of carbonyl (C=O) groups is 2. The Morgan fingerprint density at radius 1 is 1.44 bits per heavy atom. The maximum Gasteiger partial charge on any atom is 0.326 e. The molecule has 0 aromatic carbocycles. The van der Waals surface area contributed by atoms with Gasteiger partial charge in [-0.3, -0.25) is 4.79 Å². The van der Waals surface area contributed by atoms with E-state index in [2.05, 4.69) is 0 Å². The van der Waals surface area contributed by atoms with Crippen molar-refractivity contribution in [2.24, 2.45) is 0 Å². The number of hydrogen-bond acceptors (Lipinski definition) is 3. The average Bonchev–Trinajstić information content (AvgIpc) is 2.85. The molecule has 2 fully saturated rings. The van der Waals surface area contributed by atoms with Crippen LogP contribution >= 0.6 is 11.8 Å². The van der Waals surface area contributed by atoms with Crippen LogP contribution in [0, 0.1) is 0 Å². The van der Waals surface area contributed by atoms with Crippen molar-refractivity contribution < 1.29 is 14.7 Å². The van der Waals surface area contributed by atoms with Crippen LogP contribution in [0.5, 0.6) is 0 Å². The van der Waals surface area contributed by atoms with E-state index in [1.165, 1.54) is 0 Å². The lowest BCUT2D eigenvalue weighted by atomic mass is 10.0. The molecule has 16 heavy (non-hydrogen) atoms. The van der Waals surface area contributed by atoms with Crippen molar-refractivity contribution in [3.63, 3.8) is 0 Å². The minimum Gasteiger partial charge on any atom is -0.480 e. The molecule has 1 amide bonds. The molecular formula is C11H17NO3S. The zero-order chi connectivity index (χ0) is 11.8. The van der Waals surface area contributed by atoms with Crippen LogP contribution in [0.25, 0.3) is 0 Å². The molecule has 0 aromatic rings. The molecule has 5 heteroatoms. The van der Waals surface area contributed by atoms with Crippen molar-refractivity contribution in [2.45, 2.75) is 43.4 Å². The third-order valence-electron chi connectivity index (χ3n) is 3.47. The summed E-state index contributed by atoms with van der Waals surface area (Å²) in [5.41, 5.74) is 0. The lowest BCUT2D eigenvalue weighted by Gasteiger charge is -2.30. The molecule has 2 aliphatic rings. The van der Waals surface area contributed by atoms with Crippen LogP contribution < -0.4 is 0 Å². The van der Waals surface area contributed by atoms with E-state index in [-0.39, 0.29) is 10.7 Å². The Bertz CT molecular complexity index is 312. The van der Waals surface area contributed by atoms with Crippen LogP contribution in [-0.4, -0.2) is 45.0 Å². The van der Waals surface area contributed by atoms with Crippen molar-refractivity contribution in [2.75, 3.05) is 12.3 Å². The molecule has 90 valence electrons. The van der Waals surface area contributed by atoms with Gasteiger partial charge in [0.25, 0.3) is 0 Å². The summed E-state index contributed by atoms with van der Waals surface area (Å²) in [4.78, 5) is 24.9. The number of likely N-dealkylation sites (tertiary alicyclic amines) is 1. The summed E-state index contributed by atoms with van der Waals surface area (Å²) in [7, 11) is 0. The van der Waals surface area contributed by atoms with Crippen LogP contribution in [0.2, 0.25) is 0 Å². The van der Waals surface area contributed by atoms with Crippen molar-refractivity contribution >= 4 is 23.6 Å². The Morgan fingerprint density at radius 2 is 2.19 bits per heavy atom. The minimum absolute atomic E-state index is 0.0277. The molecule has 0 bridgehead atoms. The molecule has 4 nitrogen and oxygen atoms in total. The van der Waals surface area contributed by atoms with Gasteiger partial charge in [0.05, 0.1) is 4.75 Å². The number of amides is 1. The van der Waals surface area contributed by atoms with E-state index in [9.17, 15) is 9.59 Å². The van der Waals surface area contributed by atoms with Gasteiger partial charge >= 0.3 is 5.97 Å². The zero-order valence-electron chi connectivity index (χ0n) is 9.44. The highest BCUT2D eigenvalue weighted by atomic mass is 32.2. The van der Waals surface area contributed by atoms with Crippen molar-refractivity contribution in [3.05, 3.63) is 0 Å². The quantitative estimate of drug-likeness (QED) is 0.795. The summed E-state index contributed by atoms with van der Waals surface area (Å²) in [6.45, 7) is 2.55. The molecule has 2 atom stereocenters. The van der Waals surface area contributed by atoms with Crippen LogP contribution in [0.1, 0.15) is 32.6 Å². The van der Waals surface area contributed by atoms with E-state index in [0.717, 1.165) is 25.0 Å². The van der Waals surface area contributed by atoms with Gasteiger partial charge in [0, 0.05) is 6.54 Å². The van der Waals surface area contributed by atoms with Crippen molar-refractivity contribution in [3.8, 4) is 0 Å². The van der Waals surface area contributed by atoms with Gasteiger partial charge in [-0.05, 0) is 38.4 Å². The molecule has 1 unspecified atom stereocenters. The topological polar surface area (TPSA) is 57.6 Å². The highest BCUT2D eigenvalue weighted by Gasteiger charge is 2.44. The second kappa shape index (κ2) is 4.28. The average molecular weight is 243 g/mol. The molecule has 0 aromatic heterocycles. The Morgan fingerprint density at radius 3 is 2.75 bits per heavy atom.